The minimum atomic E-state index is -1.15. The Bertz CT molecular complexity index is 526. The van der Waals surface area contributed by atoms with E-state index in [4.69, 9.17) is 9.47 Å². The van der Waals surface area contributed by atoms with E-state index in [0.29, 0.717) is 5.56 Å². The first-order valence-corrected chi connectivity index (χ1v) is 6.58. The van der Waals surface area contributed by atoms with Gasteiger partial charge in [0.15, 0.2) is 11.5 Å². The summed E-state index contributed by atoms with van der Waals surface area (Å²) >= 11 is 0. The van der Waals surface area contributed by atoms with Gasteiger partial charge in [-0.05, 0) is 52.3 Å². The molecule has 0 aromatic heterocycles. The van der Waals surface area contributed by atoms with Gasteiger partial charge in [0.05, 0.1) is 18.4 Å². The lowest BCUT2D eigenvalue weighted by Gasteiger charge is -2.23. The van der Waals surface area contributed by atoms with E-state index in [1.807, 2.05) is 0 Å². The van der Waals surface area contributed by atoms with Gasteiger partial charge in [0.2, 0.25) is 0 Å². The van der Waals surface area contributed by atoms with Crippen molar-refractivity contribution in [2.24, 2.45) is 0 Å². The number of carbonyl (C=O) groups is 1. The predicted octanol–water partition coefficient (Wildman–Crippen LogP) is 2.98. The highest BCUT2D eigenvalue weighted by Gasteiger charge is 2.23. The third-order valence-electron chi connectivity index (χ3n) is 2.64. The van der Waals surface area contributed by atoms with Crippen LogP contribution in [0.2, 0.25) is 0 Å². The van der Waals surface area contributed by atoms with Crippen LogP contribution >= 0.6 is 0 Å². The molecule has 3 N–H and O–H groups in total. The maximum Gasteiger partial charge on any atom is 0.412 e. The maximum absolute atomic E-state index is 11.8. The van der Waals surface area contributed by atoms with Crippen LogP contribution < -0.4 is 10.1 Å². The van der Waals surface area contributed by atoms with Crippen molar-refractivity contribution in [1.82, 2.24) is 0 Å². The summed E-state index contributed by atoms with van der Waals surface area (Å²) < 4.78 is 10.2. The number of phenolic OH excluding ortho intramolecular Hbond substituents is 1. The lowest BCUT2D eigenvalue weighted by atomic mass is 9.97. The average molecular weight is 297 g/mol. The molecule has 0 bridgehead atoms. The summed E-state index contributed by atoms with van der Waals surface area (Å²) in [6.07, 6.45) is -0.701. The number of phenols is 1. The molecular weight excluding hydrogens is 274 g/mol. The Morgan fingerprint density at radius 1 is 1.19 bits per heavy atom. The fourth-order valence-electron chi connectivity index (χ4n) is 1.63. The van der Waals surface area contributed by atoms with Gasteiger partial charge in [0.1, 0.15) is 5.60 Å². The predicted molar refractivity (Wildman–Crippen MR) is 79.8 cm³/mol. The standard InChI is InChI=1S/C15H23NO5/c1-14(2,3)21-13(18)16-10-7-9(15(4,5)19)8-11(20-6)12(10)17/h7-8,17,19H,1-6H3,(H,16,18). The van der Waals surface area contributed by atoms with E-state index in [2.05, 4.69) is 5.32 Å². The molecule has 1 aromatic rings. The molecule has 0 fully saturated rings. The molecule has 1 aromatic carbocycles. The number of methoxy groups -OCH3 is 1. The van der Waals surface area contributed by atoms with Crippen LogP contribution in [0.25, 0.3) is 0 Å². The first kappa shape index (κ1) is 17.1. The Labute approximate surface area is 124 Å². The number of hydrogen-bond donors (Lipinski definition) is 3. The van der Waals surface area contributed by atoms with E-state index in [-0.39, 0.29) is 17.2 Å². The van der Waals surface area contributed by atoms with Crippen molar-refractivity contribution < 1.29 is 24.5 Å². The highest BCUT2D eigenvalue weighted by molar-refractivity contribution is 5.88. The van der Waals surface area contributed by atoms with Gasteiger partial charge in [-0.2, -0.15) is 0 Å². The molecule has 0 spiro atoms. The Morgan fingerprint density at radius 2 is 1.76 bits per heavy atom. The monoisotopic (exact) mass is 297 g/mol. The van der Waals surface area contributed by atoms with Crippen molar-refractivity contribution in [3.05, 3.63) is 17.7 Å². The van der Waals surface area contributed by atoms with Gasteiger partial charge in [-0.15, -0.1) is 0 Å². The molecule has 0 heterocycles. The van der Waals surface area contributed by atoms with Crippen LogP contribution in [-0.2, 0) is 10.3 Å². The summed E-state index contributed by atoms with van der Waals surface area (Å²) in [7, 11) is 1.39. The fraction of sp³-hybridized carbons (Fsp3) is 0.533. The summed E-state index contributed by atoms with van der Waals surface area (Å²) in [5.41, 5.74) is -1.20. The largest absolute Gasteiger partial charge is 0.503 e. The van der Waals surface area contributed by atoms with E-state index in [1.165, 1.54) is 19.2 Å². The molecule has 0 aliphatic carbocycles. The van der Waals surface area contributed by atoms with Crippen molar-refractivity contribution in [3.8, 4) is 11.5 Å². The van der Waals surface area contributed by atoms with Crippen LogP contribution in [0.4, 0.5) is 10.5 Å². The summed E-state index contributed by atoms with van der Waals surface area (Å²) in [5.74, 6) is -0.0722. The van der Waals surface area contributed by atoms with Gasteiger partial charge in [-0.1, -0.05) is 0 Å². The molecule has 0 saturated carbocycles. The molecule has 118 valence electrons. The van der Waals surface area contributed by atoms with Crippen LogP contribution in [0, 0.1) is 0 Å². The summed E-state index contributed by atoms with van der Waals surface area (Å²) in [5, 5.41) is 22.6. The highest BCUT2D eigenvalue weighted by Crippen LogP contribution is 2.38. The molecule has 6 heteroatoms. The van der Waals surface area contributed by atoms with E-state index in [1.54, 1.807) is 34.6 Å². The summed E-state index contributed by atoms with van der Waals surface area (Å²) in [6.45, 7) is 8.40. The average Bonchev–Trinajstić information content (AvgIpc) is 2.27. The van der Waals surface area contributed by atoms with Crippen LogP contribution in [0.15, 0.2) is 12.1 Å². The van der Waals surface area contributed by atoms with Gasteiger partial charge in [0.25, 0.3) is 0 Å². The van der Waals surface area contributed by atoms with Gasteiger partial charge in [0, 0.05) is 0 Å². The van der Waals surface area contributed by atoms with Crippen molar-refractivity contribution in [1.29, 1.82) is 0 Å². The molecule has 0 aliphatic rings. The van der Waals surface area contributed by atoms with Gasteiger partial charge >= 0.3 is 6.09 Å². The molecule has 21 heavy (non-hydrogen) atoms. The number of hydrogen-bond acceptors (Lipinski definition) is 5. The Kier molecular flexibility index (Phi) is 4.73. The van der Waals surface area contributed by atoms with E-state index in [9.17, 15) is 15.0 Å². The smallest absolute Gasteiger partial charge is 0.412 e. The molecule has 1 amide bonds. The Balaban J connectivity index is 3.14. The molecule has 0 unspecified atom stereocenters. The number of amides is 1. The number of rotatable bonds is 3. The van der Waals surface area contributed by atoms with Crippen LogP contribution in [0.5, 0.6) is 11.5 Å². The fourth-order valence-corrected chi connectivity index (χ4v) is 1.63. The normalized spacial score (nSPS) is 12.0. The third-order valence-corrected chi connectivity index (χ3v) is 2.64. The van der Waals surface area contributed by atoms with Gasteiger partial charge in [-0.3, -0.25) is 5.32 Å². The number of anilines is 1. The number of nitrogens with one attached hydrogen (secondary N) is 1. The van der Waals surface area contributed by atoms with Crippen molar-refractivity contribution in [3.63, 3.8) is 0 Å². The van der Waals surface area contributed by atoms with Gasteiger partial charge < -0.3 is 19.7 Å². The van der Waals surface area contributed by atoms with Crippen LogP contribution in [0.1, 0.15) is 40.2 Å². The minimum Gasteiger partial charge on any atom is -0.503 e. The van der Waals surface area contributed by atoms with Crippen molar-refractivity contribution in [2.75, 3.05) is 12.4 Å². The number of aromatic hydroxyl groups is 1. The third kappa shape index (κ3) is 4.82. The number of aliphatic hydroxyl groups is 1. The lowest BCUT2D eigenvalue weighted by molar-refractivity contribution is 0.0633. The Hall–Kier alpha value is -1.95. The van der Waals surface area contributed by atoms with E-state index >= 15 is 0 Å². The maximum atomic E-state index is 11.8. The molecule has 0 radical (unpaired) electrons. The molecule has 0 aliphatic heterocycles. The van der Waals surface area contributed by atoms with Crippen molar-refractivity contribution in [2.45, 2.75) is 45.8 Å². The van der Waals surface area contributed by atoms with Gasteiger partial charge in [-0.25, -0.2) is 4.79 Å². The number of ether oxygens (including phenoxy) is 2. The topological polar surface area (TPSA) is 88.0 Å². The Morgan fingerprint density at radius 3 is 2.19 bits per heavy atom. The highest BCUT2D eigenvalue weighted by atomic mass is 16.6. The SMILES string of the molecule is COc1cc(C(C)(C)O)cc(NC(=O)OC(C)(C)C)c1O. The molecule has 0 atom stereocenters. The van der Waals surface area contributed by atoms with Crippen LogP contribution in [-0.4, -0.2) is 29.0 Å². The molecule has 1 rings (SSSR count). The zero-order valence-electron chi connectivity index (χ0n) is 13.3. The minimum absolute atomic E-state index is 0.112. The summed E-state index contributed by atoms with van der Waals surface area (Å²) in [6, 6.07) is 2.98. The second-order valence-corrected chi connectivity index (χ2v) is 6.26. The number of carbonyl (C=O) groups excluding carboxylic acids is 1. The van der Waals surface area contributed by atoms with E-state index in [0.717, 1.165) is 0 Å². The quantitative estimate of drug-likeness (QED) is 0.746. The zero-order chi connectivity index (χ0) is 16.4. The molecule has 6 nitrogen and oxygen atoms in total. The van der Waals surface area contributed by atoms with Crippen molar-refractivity contribution >= 4 is 11.8 Å². The summed E-state index contributed by atoms with van der Waals surface area (Å²) in [4.78, 5) is 11.8. The second-order valence-electron chi connectivity index (χ2n) is 6.26. The zero-order valence-corrected chi connectivity index (χ0v) is 13.3. The van der Waals surface area contributed by atoms with E-state index < -0.39 is 17.3 Å². The van der Waals surface area contributed by atoms with Crippen LogP contribution in [0.3, 0.4) is 0 Å². The first-order valence-electron chi connectivity index (χ1n) is 6.58. The lowest BCUT2D eigenvalue weighted by Crippen LogP contribution is -2.27. The molecular formula is C15H23NO5. The second kappa shape index (κ2) is 5.81. The first-order chi connectivity index (χ1) is 9.44. The molecule has 0 saturated heterocycles. The number of benzene rings is 1.